The molecule has 1 aromatic heterocycles. The van der Waals surface area contributed by atoms with Crippen LogP contribution < -0.4 is 4.87 Å². The largest absolute Gasteiger partial charge is 0.506 e. The van der Waals surface area contributed by atoms with Crippen molar-refractivity contribution in [3.8, 4) is 5.75 Å². The Balaban J connectivity index is 1.71. The van der Waals surface area contributed by atoms with Crippen LogP contribution in [0.2, 0.25) is 0 Å². The van der Waals surface area contributed by atoms with Crippen molar-refractivity contribution < 1.29 is 19.4 Å². The molecule has 0 fully saturated rings. The zero-order valence-corrected chi connectivity index (χ0v) is 21.8. The van der Waals surface area contributed by atoms with E-state index in [0.29, 0.717) is 36.3 Å². The van der Waals surface area contributed by atoms with Crippen LogP contribution in [-0.4, -0.2) is 58.1 Å². The van der Waals surface area contributed by atoms with Gasteiger partial charge in [0.1, 0.15) is 17.9 Å². The highest BCUT2D eigenvalue weighted by Gasteiger charge is 2.21. The Bertz CT molecular complexity index is 1260. The maximum Gasteiger partial charge on any atom is 0.410 e. The number of carbonyl (C=O) groups is 2. The molecule has 0 radical (unpaired) electrons. The van der Waals surface area contributed by atoms with Crippen molar-refractivity contribution in [2.24, 2.45) is 5.41 Å². The van der Waals surface area contributed by atoms with E-state index < -0.39 is 6.09 Å². The maximum atomic E-state index is 13.1. The number of benzene rings is 2. The van der Waals surface area contributed by atoms with Gasteiger partial charge in [-0.3, -0.25) is 9.59 Å². The van der Waals surface area contributed by atoms with Crippen LogP contribution in [0.3, 0.4) is 0 Å². The number of fused-ring (bicyclic) bond motifs is 1. The van der Waals surface area contributed by atoms with E-state index in [-0.39, 0.29) is 35.1 Å². The monoisotopic (exact) mass is 511 g/mol. The molecule has 0 unspecified atom stereocenters. The lowest BCUT2D eigenvalue weighted by atomic mass is 9.96. The van der Waals surface area contributed by atoms with E-state index in [1.807, 2.05) is 51.1 Å². The van der Waals surface area contributed by atoms with Crippen LogP contribution in [0.1, 0.15) is 31.9 Å². The molecule has 9 heteroatoms. The first-order chi connectivity index (χ1) is 17.1. The number of aromatic amines is 1. The summed E-state index contributed by atoms with van der Waals surface area (Å²) < 4.78 is 6.26. The molecule has 2 amide bonds. The van der Waals surface area contributed by atoms with Crippen molar-refractivity contribution in [3.63, 3.8) is 0 Å². The van der Waals surface area contributed by atoms with Gasteiger partial charge in [0, 0.05) is 19.6 Å². The molecule has 3 aromatic rings. The van der Waals surface area contributed by atoms with Gasteiger partial charge in [0.05, 0.1) is 11.2 Å². The second kappa shape index (κ2) is 11.9. The van der Waals surface area contributed by atoms with Gasteiger partial charge in [0.2, 0.25) is 5.91 Å². The number of nitrogens with one attached hydrogen (secondary N) is 1. The summed E-state index contributed by atoms with van der Waals surface area (Å²) in [4.78, 5) is 42.8. The minimum Gasteiger partial charge on any atom is -0.506 e. The fourth-order valence-electron chi connectivity index (χ4n) is 3.87. The highest BCUT2D eigenvalue weighted by atomic mass is 32.1. The predicted octanol–water partition coefficient (Wildman–Crippen LogP) is 4.54. The van der Waals surface area contributed by atoms with Crippen molar-refractivity contribution in [1.29, 1.82) is 0 Å². The van der Waals surface area contributed by atoms with Crippen LogP contribution >= 0.6 is 11.3 Å². The number of hydrogen-bond donors (Lipinski definition) is 2. The molecule has 0 saturated heterocycles. The van der Waals surface area contributed by atoms with Gasteiger partial charge in [0.15, 0.2) is 0 Å². The van der Waals surface area contributed by atoms with Crippen LogP contribution in [-0.2, 0) is 22.5 Å². The molecule has 0 aliphatic rings. The number of H-pyrrole nitrogens is 1. The Morgan fingerprint density at radius 2 is 1.83 bits per heavy atom. The number of phenols is 1. The van der Waals surface area contributed by atoms with Gasteiger partial charge in [-0.05, 0) is 35.1 Å². The molecule has 0 aliphatic heterocycles. The van der Waals surface area contributed by atoms with Crippen LogP contribution in [0, 0.1) is 5.41 Å². The third-order valence-corrected chi connectivity index (χ3v) is 6.46. The van der Waals surface area contributed by atoms with Gasteiger partial charge >= 0.3 is 11.0 Å². The molecule has 2 aromatic carbocycles. The summed E-state index contributed by atoms with van der Waals surface area (Å²) in [6.45, 7) is 11.2. The lowest BCUT2D eigenvalue weighted by Crippen LogP contribution is -2.40. The zero-order valence-electron chi connectivity index (χ0n) is 21.0. The third kappa shape index (κ3) is 7.45. The molecule has 0 saturated carbocycles. The fourth-order valence-corrected chi connectivity index (χ4v) is 4.76. The fraction of sp³-hybridized carbons (Fsp3) is 0.370. The minimum atomic E-state index is -0.488. The standard InChI is InChI=1S/C27H33N3O5S/c1-5-22(32)30(18-27(2,3)4)15-16-35-26(34)29(17-19-9-7-6-8-10-19)14-13-20-11-12-21(31)23-24(20)36-25(33)28-23/h5-12,31H,1,13-18H2,2-4H3,(H,28,33). The molecular weight excluding hydrogens is 478 g/mol. The number of rotatable bonds is 10. The second-order valence-electron chi connectivity index (χ2n) is 9.76. The van der Waals surface area contributed by atoms with E-state index in [2.05, 4.69) is 11.6 Å². The van der Waals surface area contributed by atoms with E-state index in [1.54, 1.807) is 21.9 Å². The van der Waals surface area contributed by atoms with E-state index in [9.17, 15) is 19.5 Å². The number of ether oxygens (including phenoxy) is 1. The number of aromatic nitrogens is 1. The molecule has 2 N–H and O–H groups in total. The number of nitrogens with zero attached hydrogens (tertiary/aromatic N) is 2. The van der Waals surface area contributed by atoms with Gasteiger partial charge in [-0.15, -0.1) is 0 Å². The lowest BCUT2D eigenvalue weighted by molar-refractivity contribution is -0.127. The molecule has 192 valence electrons. The lowest BCUT2D eigenvalue weighted by Gasteiger charge is -2.29. The number of aromatic hydroxyl groups is 1. The predicted molar refractivity (Wildman–Crippen MR) is 142 cm³/mol. The summed E-state index contributed by atoms with van der Waals surface area (Å²) in [5.41, 5.74) is 2.10. The average Bonchev–Trinajstić information content (AvgIpc) is 3.24. The highest BCUT2D eigenvalue weighted by molar-refractivity contribution is 7.16. The van der Waals surface area contributed by atoms with Crippen molar-refractivity contribution >= 4 is 33.6 Å². The van der Waals surface area contributed by atoms with Crippen LogP contribution in [0.5, 0.6) is 5.75 Å². The smallest absolute Gasteiger partial charge is 0.410 e. The summed E-state index contributed by atoms with van der Waals surface area (Å²) >= 11 is 1.03. The number of amides is 2. The van der Waals surface area contributed by atoms with Crippen molar-refractivity contribution in [2.45, 2.75) is 33.7 Å². The van der Waals surface area contributed by atoms with Crippen molar-refractivity contribution in [2.75, 3.05) is 26.2 Å². The molecule has 0 bridgehead atoms. The van der Waals surface area contributed by atoms with Gasteiger partial charge in [0.25, 0.3) is 0 Å². The third-order valence-electron chi connectivity index (χ3n) is 5.50. The average molecular weight is 512 g/mol. The van der Waals surface area contributed by atoms with Crippen molar-refractivity contribution in [1.82, 2.24) is 14.8 Å². The summed E-state index contributed by atoms with van der Waals surface area (Å²) in [6.07, 6.45) is 1.25. The van der Waals surface area contributed by atoms with Gasteiger partial charge in [-0.1, -0.05) is 75.1 Å². The minimum absolute atomic E-state index is 0.0153. The maximum absolute atomic E-state index is 13.1. The van der Waals surface area contributed by atoms with Gasteiger partial charge in [-0.25, -0.2) is 4.79 Å². The van der Waals surface area contributed by atoms with Gasteiger partial charge in [-0.2, -0.15) is 0 Å². The SMILES string of the molecule is C=CC(=O)N(CCOC(=O)N(CCc1ccc(O)c2[nH]c(=O)sc12)Cc1ccccc1)CC(C)(C)C. The first kappa shape index (κ1) is 27.0. The van der Waals surface area contributed by atoms with Crippen molar-refractivity contribution in [3.05, 3.63) is 75.9 Å². The molecule has 0 spiro atoms. The molecule has 1 heterocycles. The number of hydrogen-bond acceptors (Lipinski definition) is 6. The number of carbonyl (C=O) groups excluding carboxylic acids is 2. The summed E-state index contributed by atoms with van der Waals surface area (Å²) in [7, 11) is 0. The zero-order chi connectivity index (χ0) is 26.3. The summed E-state index contributed by atoms with van der Waals surface area (Å²) in [5.74, 6) is -0.189. The molecule has 36 heavy (non-hydrogen) atoms. The molecule has 3 rings (SSSR count). The first-order valence-corrected chi connectivity index (χ1v) is 12.6. The van der Waals surface area contributed by atoms with Crippen LogP contribution in [0.4, 0.5) is 4.79 Å². The Kier molecular flexibility index (Phi) is 8.93. The Morgan fingerprint density at radius 3 is 2.50 bits per heavy atom. The normalized spacial score (nSPS) is 11.3. The Labute approximate surface area is 214 Å². The number of thiazole rings is 1. The molecular formula is C27H33N3O5S. The Morgan fingerprint density at radius 1 is 1.11 bits per heavy atom. The summed E-state index contributed by atoms with van der Waals surface area (Å²) in [6, 6.07) is 12.9. The van der Waals surface area contributed by atoms with E-state index in [0.717, 1.165) is 22.5 Å². The van der Waals surface area contributed by atoms with Gasteiger partial charge < -0.3 is 24.6 Å². The van der Waals surface area contributed by atoms with Crippen LogP contribution in [0.15, 0.2) is 59.9 Å². The Hall–Kier alpha value is -3.59. The van der Waals surface area contributed by atoms with Crippen LogP contribution in [0.25, 0.3) is 10.2 Å². The summed E-state index contributed by atoms with van der Waals surface area (Å²) in [5, 5.41) is 10.1. The van der Waals surface area contributed by atoms with E-state index in [1.165, 1.54) is 6.08 Å². The quantitative estimate of drug-likeness (QED) is 0.389. The second-order valence-corrected chi connectivity index (χ2v) is 10.7. The van der Waals surface area contributed by atoms with E-state index >= 15 is 0 Å². The van der Waals surface area contributed by atoms with E-state index in [4.69, 9.17) is 4.74 Å². The molecule has 0 atom stereocenters. The molecule has 8 nitrogen and oxygen atoms in total. The number of phenolic OH excluding ortho intramolecular Hbond substituents is 1. The molecule has 0 aliphatic carbocycles. The topological polar surface area (TPSA) is 103 Å². The first-order valence-electron chi connectivity index (χ1n) is 11.8. The highest BCUT2D eigenvalue weighted by Crippen LogP contribution is 2.28.